The third-order valence-electron chi connectivity index (χ3n) is 3.14. The molecule has 4 heteroatoms. The molecule has 2 rings (SSSR count). The molecular weight excluding hydrogens is 385 g/mol. The van der Waals surface area contributed by atoms with Crippen LogP contribution in [0.25, 0.3) is 0 Å². The van der Waals surface area contributed by atoms with Gasteiger partial charge in [-0.2, -0.15) is 0 Å². The standard InChI is InChI=1S/C16H16Br2FN/c1-2-20-16(12-4-3-5-13(17)8-12)9-11-6-7-14(19)10-15(11)18/h3-8,10,16,20H,2,9H2,1H3. The zero-order valence-electron chi connectivity index (χ0n) is 11.2. The molecular formula is C16H16Br2FN. The van der Waals surface area contributed by atoms with Gasteiger partial charge in [0.2, 0.25) is 0 Å². The Hall–Kier alpha value is -0.710. The van der Waals surface area contributed by atoms with Crippen molar-refractivity contribution < 1.29 is 4.39 Å². The summed E-state index contributed by atoms with van der Waals surface area (Å²) in [6.07, 6.45) is 0.811. The predicted molar refractivity (Wildman–Crippen MR) is 88.4 cm³/mol. The number of hydrogen-bond acceptors (Lipinski definition) is 1. The summed E-state index contributed by atoms with van der Waals surface area (Å²) in [6, 6.07) is 13.3. The predicted octanol–water partition coefficient (Wildman–Crippen LogP) is 5.24. The maximum Gasteiger partial charge on any atom is 0.124 e. The van der Waals surface area contributed by atoms with E-state index in [0.717, 1.165) is 27.5 Å². The van der Waals surface area contributed by atoms with Crippen LogP contribution in [-0.2, 0) is 6.42 Å². The minimum Gasteiger partial charge on any atom is -0.310 e. The lowest BCUT2D eigenvalue weighted by Crippen LogP contribution is -2.23. The highest BCUT2D eigenvalue weighted by molar-refractivity contribution is 9.10. The van der Waals surface area contributed by atoms with Crippen molar-refractivity contribution in [3.8, 4) is 0 Å². The first-order valence-electron chi connectivity index (χ1n) is 6.53. The summed E-state index contributed by atoms with van der Waals surface area (Å²) in [5.74, 6) is -0.219. The highest BCUT2D eigenvalue weighted by Gasteiger charge is 2.13. The van der Waals surface area contributed by atoms with Crippen molar-refractivity contribution in [3.63, 3.8) is 0 Å². The second-order valence-corrected chi connectivity index (χ2v) is 6.38. The van der Waals surface area contributed by atoms with Gasteiger partial charge in [-0.15, -0.1) is 0 Å². The molecule has 0 aliphatic heterocycles. The normalized spacial score (nSPS) is 12.4. The molecule has 0 fully saturated rings. The molecule has 0 aromatic heterocycles. The van der Waals surface area contributed by atoms with Gasteiger partial charge >= 0.3 is 0 Å². The fourth-order valence-corrected chi connectivity index (χ4v) is 3.11. The van der Waals surface area contributed by atoms with Gasteiger partial charge in [0.1, 0.15) is 5.82 Å². The van der Waals surface area contributed by atoms with Gasteiger partial charge in [0.15, 0.2) is 0 Å². The molecule has 0 aliphatic carbocycles. The topological polar surface area (TPSA) is 12.0 Å². The molecule has 0 radical (unpaired) electrons. The molecule has 2 aromatic carbocycles. The van der Waals surface area contributed by atoms with Crippen molar-refractivity contribution in [2.24, 2.45) is 0 Å². The lowest BCUT2D eigenvalue weighted by molar-refractivity contribution is 0.547. The van der Waals surface area contributed by atoms with Crippen molar-refractivity contribution in [3.05, 3.63) is 68.4 Å². The maximum absolute atomic E-state index is 13.2. The lowest BCUT2D eigenvalue weighted by Gasteiger charge is -2.19. The lowest BCUT2D eigenvalue weighted by atomic mass is 9.99. The zero-order valence-corrected chi connectivity index (χ0v) is 14.3. The van der Waals surface area contributed by atoms with Crippen molar-refractivity contribution in [1.29, 1.82) is 0 Å². The number of likely N-dealkylation sites (N-methyl/N-ethyl adjacent to an activating group) is 1. The Morgan fingerprint density at radius 3 is 2.60 bits per heavy atom. The zero-order chi connectivity index (χ0) is 14.5. The number of benzene rings is 2. The number of rotatable bonds is 5. The average molecular weight is 401 g/mol. The quantitative estimate of drug-likeness (QED) is 0.723. The number of halogens is 3. The van der Waals surface area contributed by atoms with E-state index in [9.17, 15) is 4.39 Å². The summed E-state index contributed by atoms with van der Waals surface area (Å²) in [5.41, 5.74) is 2.31. The van der Waals surface area contributed by atoms with Gasteiger partial charge < -0.3 is 5.32 Å². The highest BCUT2D eigenvalue weighted by atomic mass is 79.9. The van der Waals surface area contributed by atoms with E-state index in [1.54, 1.807) is 0 Å². The van der Waals surface area contributed by atoms with Gasteiger partial charge in [-0.25, -0.2) is 4.39 Å². The van der Waals surface area contributed by atoms with Crippen LogP contribution < -0.4 is 5.32 Å². The highest BCUT2D eigenvalue weighted by Crippen LogP contribution is 2.26. The summed E-state index contributed by atoms with van der Waals surface area (Å²) in [7, 11) is 0. The molecule has 0 aliphatic rings. The fraction of sp³-hybridized carbons (Fsp3) is 0.250. The van der Waals surface area contributed by atoms with Crippen LogP contribution in [0.15, 0.2) is 51.4 Å². The molecule has 0 saturated heterocycles. The van der Waals surface area contributed by atoms with Crippen LogP contribution in [0, 0.1) is 5.82 Å². The van der Waals surface area contributed by atoms with E-state index in [1.165, 1.54) is 17.7 Å². The van der Waals surface area contributed by atoms with E-state index < -0.39 is 0 Å². The van der Waals surface area contributed by atoms with E-state index in [4.69, 9.17) is 0 Å². The number of nitrogens with one attached hydrogen (secondary N) is 1. The minimum absolute atomic E-state index is 0.208. The minimum atomic E-state index is -0.219. The van der Waals surface area contributed by atoms with Crippen molar-refractivity contribution >= 4 is 31.9 Å². The molecule has 1 unspecified atom stereocenters. The average Bonchev–Trinajstić information content (AvgIpc) is 2.41. The Morgan fingerprint density at radius 1 is 1.15 bits per heavy atom. The fourth-order valence-electron chi connectivity index (χ4n) is 2.18. The summed E-state index contributed by atoms with van der Waals surface area (Å²) >= 11 is 6.94. The first-order valence-corrected chi connectivity index (χ1v) is 8.11. The second-order valence-electron chi connectivity index (χ2n) is 4.61. The molecule has 2 aromatic rings. The third kappa shape index (κ3) is 4.14. The Kier molecular flexibility index (Phi) is 5.75. The van der Waals surface area contributed by atoms with Crippen LogP contribution >= 0.6 is 31.9 Å². The molecule has 0 heterocycles. The molecule has 20 heavy (non-hydrogen) atoms. The van der Waals surface area contributed by atoms with Gasteiger partial charge in [0, 0.05) is 15.0 Å². The number of hydrogen-bond donors (Lipinski definition) is 1. The third-order valence-corrected chi connectivity index (χ3v) is 4.37. The van der Waals surface area contributed by atoms with Gasteiger partial charge in [-0.3, -0.25) is 0 Å². The maximum atomic E-state index is 13.2. The summed E-state index contributed by atoms with van der Waals surface area (Å²) in [5, 5.41) is 3.48. The van der Waals surface area contributed by atoms with E-state index in [-0.39, 0.29) is 11.9 Å². The molecule has 1 atom stereocenters. The second kappa shape index (κ2) is 7.34. The van der Waals surface area contributed by atoms with Crippen LogP contribution in [0.1, 0.15) is 24.1 Å². The first-order chi connectivity index (χ1) is 9.60. The van der Waals surface area contributed by atoms with E-state index in [2.05, 4.69) is 56.2 Å². The molecule has 0 bridgehead atoms. The van der Waals surface area contributed by atoms with Crippen LogP contribution in [0.2, 0.25) is 0 Å². The van der Waals surface area contributed by atoms with Gasteiger partial charge in [-0.1, -0.05) is 57.0 Å². The SMILES string of the molecule is CCNC(Cc1ccc(F)cc1Br)c1cccc(Br)c1. The van der Waals surface area contributed by atoms with Crippen molar-refractivity contribution in [2.75, 3.05) is 6.54 Å². The van der Waals surface area contributed by atoms with E-state index >= 15 is 0 Å². The molecule has 0 saturated carbocycles. The van der Waals surface area contributed by atoms with Crippen LogP contribution in [0.3, 0.4) is 0 Å². The monoisotopic (exact) mass is 399 g/mol. The molecule has 0 amide bonds. The molecule has 106 valence electrons. The van der Waals surface area contributed by atoms with Crippen LogP contribution in [0.5, 0.6) is 0 Å². The molecule has 1 N–H and O–H groups in total. The van der Waals surface area contributed by atoms with Crippen molar-refractivity contribution in [2.45, 2.75) is 19.4 Å². The molecule has 1 nitrogen and oxygen atoms in total. The van der Waals surface area contributed by atoms with Gasteiger partial charge in [-0.05, 0) is 48.4 Å². The Bertz CT molecular complexity index is 586. The van der Waals surface area contributed by atoms with E-state index in [0.29, 0.717) is 0 Å². The van der Waals surface area contributed by atoms with Crippen LogP contribution in [-0.4, -0.2) is 6.54 Å². The Balaban J connectivity index is 2.25. The van der Waals surface area contributed by atoms with Crippen LogP contribution in [0.4, 0.5) is 4.39 Å². The molecule has 0 spiro atoms. The Labute approximate surface area is 135 Å². The smallest absolute Gasteiger partial charge is 0.124 e. The Morgan fingerprint density at radius 2 is 1.95 bits per heavy atom. The summed E-state index contributed by atoms with van der Waals surface area (Å²) in [6.45, 7) is 2.97. The summed E-state index contributed by atoms with van der Waals surface area (Å²) < 4.78 is 15.0. The van der Waals surface area contributed by atoms with Gasteiger partial charge in [0.25, 0.3) is 0 Å². The summed E-state index contributed by atoms with van der Waals surface area (Å²) in [4.78, 5) is 0. The largest absolute Gasteiger partial charge is 0.310 e. The first kappa shape index (κ1) is 15.7. The van der Waals surface area contributed by atoms with E-state index in [1.807, 2.05) is 18.2 Å². The van der Waals surface area contributed by atoms with Gasteiger partial charge in [0.05, 0.1) is 0 Å². The van der Waals surface area contributed by atoms with Crippen molar-refractivity contribution in [1.82, 2.24) is 5.32 Å².